The molecule has 1 N–H and O–H groups in total. The summed E-state index contributed by atoms with van der Waals surface area (Å²) >= 11 is 0. The minimum atomic E-state index is -4.14. The molecule has 1 saturated carbocycles. The fourth-order valence-electron chi connectivity index (χ4n) is 2.00. The van der Waals surface area contributed by atoms with Crippen LogP contribution >= 0.6 is 0 Å². The molecule has 0 heterocycles. The van der Waals surface area contributed by atoms with Crippen molar-refractivity contribution in [1.29, 1.82) is 0 Å². The second-order valence-corrected chi connectivity index (χ2v) is 4.07. The van der Waals surface area contributed by atoms with Crippen LogP contribution in [-0.2, 0) is 0 Å². The van der Waals surface area contributed by atoms with Crippen LogP contribution in [0.25, 0.3) is 0 Å². The number of rotatable bonds is 3. The molecule has 0 aromatic heterocycles. The Morgan fingerprint density at radius 1 is 1.36 bits per heavy atom. The first-order valence-electron chi connectivity index (χ1n) is 4.82. The van der Waals surface area contributed by atoms with Crippen LogP contribution in [0, 0.1) is 5.92 Å². The topological polar surface area (TPSA) is 23.5 Å². The largest absolute Gasteiger partial charge is 0.401 e. The number of halogens is 3. The zero-order valence-corrected chi connectivity index (χ0v) is 8.22. The monoisotopic (exact) mass is 211 g/mol. The van der Waals surface area contributed by atoms with Crippen LogP contribution < -0.4 is 0 Å². The van der Waals surface area contributed by atoms with Gasteiger partial charge in [-0.3, -0.25) is 4.90 Å². The zero-order valence-electron chi connectivity index (χ0n) is 8.22. The number of aliphatic hydroxyl groups excluding tert-OH is 1. The molecule has 1 fully saturated rings. The highest BCUT2D eigenvalue weighted by Crippen LogP contribution is 2.26. The maximum absolute atomic E-state index is 12.0. The maximum atomic E-state index is 12.0. The molecule has 1 rings (SSSR count). The molecular weight excluding hydrogens is 195 g/mol. The van der Waals surface area contributed by atoms with E-state index < -0.39 is 18.8 Å². The molecule has 2 atom stereocenters. The molecule has 2 nitrogen and oxygen atoms in total. The van der Waals surface area contributed by atoms with Crippen LogP contribution in [-0.4, -0.2) is 42.4 Å². The first-order valence-corrected chi connectivity index (χ1v) is 4.82. The van der Waals surface area contributed by atoms with Crippen molar-refractivity contribution in [2.24, 2.45) is 5.92 Å². The Morgan fingerprint density at radius 3 is 2.43 bits per heavy atom. The normalized spacial score (nSPS) is 28.7. The standard InChI is InChI=1S/C9H16F3NO/c1-13(6-9(10,11)12)5-7-3-2-4-8(7)14/h7-8,14H,2-6H2,1H3. The van der Waals surface area contributed by atoms with E-state index in [1.807, 2.05) is 0 Å². The van der Waals surface area contributed by atoms with Gasteiger partial charge >= 0.3 is 6.18 Å². The molecule has 0 aliphatic heterocycles. The first-order chi connectivity index (χ1) is 6.38. The Hall–Kier alpha value is -0.290. The van der Waals surface area contributed by atoms with Crippen molar-refractivity contribution in [3.8, 4) is 0 Å². The molecule has 0 spiro atoms. The van der Waals surface area contributed by atoms with Crippen molar-refractivity contribution in [3.63, 3.8) is 0 Å². The number of hydrogen-bond donors (Lipinski definition) is 1. The van der Waals surface area contributed by atoms with Crippen LogP contribution in [0.5, 0.6) is 0 Å². The predicted octanol–water partition coefficient (Wildman–Crippen LogP) is 1.64. The summed E-state index contributed by atoms with van der Waals surface area (Å²) in [5, 5.41) is 9.43. The molecule has 0 amide bonds. The van der Waals surface area contributed by atoms with E-state index in [1.165, 1.54) is 11.9 Å². The van der Waals surface area contributed by atoms with Crippen molar-refractivity contribution < 1.29 is 18.3 Å². The Morgan fingerprint density at radius 2 is 2.00 bits per heavy atom. The van der Waals surface area contributed by atoms with E-state index in [-0.39, 0.29) is 5.92 Å². The Bertz CT molecular complexity index is 183. The van der Waals surface area contributed by atoms with Crippen LogP contribution in [0.15, 0.2) is 0 Å². The van der Waals surface area contributed by atoms with E-state index in [0.717, 1.165) is 19.3 Å². The summed E-state index contributed by atoms with van der Waals surface area (Å²) in [6, 6.07) is 0. The van der Waals surface area contributed by atoms with Gasteiger partial charge in [0.05, 0.1) is 12.6 Å². The molecule has 2 unspecified atom stereocenters. The molecule has 1 aliphatic rings. The highest BCUT2D eigenvalue weighted by molar-refractivity contribution is 4.79. The van der Waals surface area contributed by atoms with Gasteiger partial charge in [0.2, 0.25) is 0 Å². The molecule has 0 aromatic carbocycles. The van der Waals surface area contributed by atoms with E-state index in [0.29, 0.717) is 6.54 Å². The van der Waals surface area contributed by atoms with Crippen LogP contribution in [0.3, 0.4) is 0 Å². The lowest BCUT2D eigenvalue weighted by molar-refractivity contribution is -0.144. The molecule has 0 saturated heterocycles. The third-order valence-corrected chi connectivity index (χ3v) is 2.61. The van der Waals surface area contributed by atoms with Gasteiger partial charge < -0.3 is 5.11 Å². The van der Waals surface area contributed by atoms with Gasteiger partial charge in [0.1, 0.15) is 0 Å². The smallest absolute Gasteiger partial charge is 0.393 e. The third-order valence-electron chi connectivity index (χ3n) is 2.61. The molecule has 0 radical (unpaired) electrons. The van der Waals surface area contributed by atoms with Crippen molar-refractivity contribution in [2.75, 3.05) is 20.1 Å². The van der Waals surface area contributed by atoms with Gasteiger partial charge in [0, 0.05) is 6.54 Å². The summed E-state index contributed by atoms with van der Waals surface area (Å²) in [4.78, 5) is 1.24. The van der Waals surface area contributed by atoms with Crippen LogP contribution in [0.4, 0.5) is 13.2 Å². The lowest BCUT2D eigenvalue weighted by Crippen LogP contribution is -2.36. The molecule has 14 heavy (non-hydrogen) atoms. The predicted molar refractivity (Wildman–Crippen MR) is 46.9 cm³/mol. The van der Waals surface area contributed by atoms with E-state index in [2.05, 4.69) is 0 Å². The summed E-state index contributed by atoms with van der Waals surface area (Å²) in [6.45, 7) is -0.559. The van der Waals surface area contributed by atoms with Gasteiger partial charge in [0.15, 0.2) is 0 Å². The third kappa shape index (κ3) is 3.84. The van der Waals surface area contributed by atoms with Gasteiger partial charge in [-0.15, -0.1) is 0 Å². The second-order valence-electron chi connectivity index (χ2n) is 4.07. The number of aliphatic hydroxyl groups is 1. The van der Waals surface area contributed by atoms with Gasteiger partial charge in [-0.05, 0) is 25.8 Å². The maximum Gasteiger partial charge on any atom is 0.401 e. The second kappa shape index (κ2) is 4.49. The van der Waals surface area contributed by atoms with Gasteiger partial charge in [-0.1, -0.05) is 6.42 Å². The summed E-state index contributed by atoms with van der Waals surface area (Å²) < 4.78 is 35.9. The van der Waals surface area contributed by atoms with Crippen LogP contribution in [0.1, 0.15) is 19.3 Å². The lowest BCUT2D eigenvalue weighted by atomic mass is 10.1. The van der Waals surface area contributed by atoms with E-state index >= 15 is 0 Å². The SMILES string of the molecule is CN(CC1CCCC1O)CC(F)(F)F. The Labute approximate surface area is 81.7 Å². The van der Waals surface area contributed by atoms with E-state index in [4.69, 9.17) is 0 Å². The molecule has 0 aromatic rings. The fourth-order valence-corrected chi connectivity index (χ4v) is 2.00. The molecule has 0 bridgehead atoms. The average molecular weight is 211 g/mol. The summed E-state index contributed by atoms with van der Waals surface area (Å²) in [6.07, 6.45) is -2.07. The molecule has 5 heteroatoms. The highest BCUT2D eigenvalue weighted by Gasteiger charge is 2.32. The Kier molecular flexibility index (Phi) is 3.78. The molecular formula is C9H16F3NO. The Balaban J connectivity index is 2.29. The molecule has 1 aliphatic carbocycles. The number of nitrogens with zero attached hydrogens (tertiary/aromatic N) is 1. The fraction of sp³-hybridized carbons (Fsp3) is 1.00. The first kappa shape index (κ1) is 11.8. The minimum Gasteiger partial charge on any atom is -0.393 e. The summed E-state index contributed by atoms with van der Waals surface area (Å²) in [5.41, 5.74) is 0. The van der Waals surface area contributed by atoms with Gasteiger partial charge in [0.25, 0.3) is 0 Å². The highest BCUT2D eigenvalue weighted by atomic mass is 19.4. The zero-order chi connectivity index (χ0) is 10.8. The van der Waals surface area contributed by atoms with Crippen molar-refractivity contribution >= 4 is 0 Å². The van der Waals surface area contributed by atoms with E-state index in [1.54, 1.807) is 0 Å². The van der Waals surface area contributed by atoms with Crippen molar-refractivity contribution in [2.45, 2.75) is 31.5 Å². The average Bonchev–Trinajstić information content (AvgIpc) is 2.32. The number of alkyl halides is 3. The quantitative estimate of drug-likeness (QED) is 0.767. The number of hydrogen-bond acceptors (Lipinski definition) is 2. The van der Waals surface area contributed by atoms with Crippen molar-refractivity contribution in [1.82, 2.24) is 4.90 Å². The van der Waals surface area contributed by atoms with Gasteiger partial charge in [-0.25, -0.2) is 0 Å². The van der Waals surface area contributed by atoms with Gasteiger partial charge in [-0.2, -0.15) is 13.2 Å². The van der Waals surface area contributed by atoms with Crippen molar-refractivity contribution in [3.05, 3.63) is 0 Å². The van der Waals surface area contributed by atoms with E-state index in [9.17, 15) is 18.3 Å². The molecule has 84 valence electrons. The lowest BCUT2D eigenvalue weighted by Gasteiger charge is -2.23. The summed E-state index contributed by atoms with van der Waals surface area (Å²) in [7, 11) is 1.44. The summed E-state index contributed by atoms with van der Waals surface area (Å²) in [5.74, 6) is 0.0161. The minimum absolute atomic E-state index is 0.0161. The van der Waals surface area contributed by atoms with Crippen LogP contribution in [0.2, 0.25) is 0 Å².